The number of nitrogens with zero attached hydrogens (tertiary/aromatic N) is 2. The summed E-state index contributed by atoms with van der Waals surface area (Å²) in [6.07, 6.45) is -0.708. The van der Waals surface area contributed by atoms with Crippen LogP contribution >= 0.6 is 27.5 Å². The zero-order chi connectivity index (χ0) is 20.3. The van der Waals surface area contributed by atoms with E-state index in [2.05, 4.69) is 15.9 Å². The van der Waals surface area contributed by atoms with E-state index in [-0.39, 0.29) is 11.5 Å². The van der Waals surface area contributed by atoms with Crippen LogP contribution in [-0.2, 0) is 9.53 Å². The van der Waals surface area contributed by atoms with Crippen molar-refractivity contribution in [2.45, 2.75) is 6.10 Å². The fraction of sp³-hybridized carbons (Fsp3) is 0.300. The lowest BCUT2D eigenvalue weighted by molar-refractivity contribution is -0.143. The Balaban J connectivity index is 1.65. The van der Waals surface area contributed by atoms with Gasteiger partial charge in [0.05, 0.1) is 5.56 Å². The van der Waals surface area contributed by atoms with Crippen LogP contribution in [0.15, 0.2) is 46.9 Å². The molecule has 0 bridgehead atoms. The van der Waals surface area contributed by atoms with Crippen LogP contribution in [0.3, 0.4) is 0 Å². The predicted octanol–water partition coefficient (Wildman–Crippen LogP) is 3.91. The number of carbonyl (C=O) groups excluding carboxylic acids is 2. The fourth-order valence-electron chi connectivity index (χ4n) is 3.14. The van der Waals surface area contributed by atoms with Crippen molar-refractivity contribution in [2.75, 3.05) is 33.3 Å². The Hall–Kier alpha value is -1.96. The number of halogens is 3. The third kappa shape index (κ3) is 4.54. The van der Waals surface area contributed by atoms with Gasteiger partial charge in [0.2, 0.25) is 0 Å². The Morgan fingerprint density at radius 1 is 1.07 bits per heavy atom. The number of hydrogen-bond donors (Lipinski definition) is 0. The zero-order valence-electron chi connectivity index (χ0n) is 15.2. The largest absolute Gasteiger partial charge is 0.367 e. The lowest BCUT2D eigenvalue weighted by Gasteiger charge is -2.36. The molecular weight excluding hydrogens is 451 g/mol. The first-order valence-electron chi connectivity index (χ1n) is 8.72. The van der Waals surface area contributed by atoms with Crippen molar-refractivity contribution in [1.29, 1.82) is 0 Å². The highest BCUT2D eigenvalue weighted by Crippen LogP contribution is 2.23. The van der Waals surface area contributed by atoms with Gasteiger partial charge in [-0.15, -0.1) is 0 Å². The van der Waals surface area contributed by atoms with Crippen LogP contribution in [0.2, 0.25) is 5.02 Å². The summed E-state index contributed by atoms with van der Waals surface area (Å²) in [4.78, 5) is 28.6. The second kappa shape index (κ2) is 9.03. The van der Waals surface area contributed by atoms with Gasteiger partial charge in [-0.1, -0.05) is 39.7 Å². The van der Waals surface area contributed by atoms with Crippen LogP contribution in [0.25, 0.3) is 0 Å². The molecule has 1 saturated heterocycles. The second-order valence-corrected chi connectivity index (χ2v) is 7.76. The molecule has 8 heteroatoms. The summed E-state index contributed by atoms with van der Waals surface area (Å²) in [6.45, 7) is 1.33. The number of hydrogen-bond acceptors (Lipinski definition) is 3. The Morgan fingerprint density at radius 3 is 2.29 bits per heavy atom. The minimum absolute atomic E-state index is 0.0584. The average molecular weight is 470 g/mol. The van der Waals surface area contributed by atoms with Crippen molar-refractivity contribution in [3.63, 3.8) is 0 Å². The molecule has 1 fully saturated rings. The summed E-state index contributed by atoms with van der Waals surface area (Å²) < 4.78 is 20.3. The standard InChI is InChI=1S/C20H19BrClFN2O3/c1-28-18(13-2-4-14(21)5-3-13)20(27)25-10-8-24(9-11-25)19(26)16-12-15(22)6-7-17(16)23/h2-7,12,18H,8-11H2,1H3. The first-order valence-corrected chi connectivity index (χ1v) is 9.89. The average Bonchev–Trinajstić information content (AvgIpc) is 2.71. The summed E-state index contributed by atoms with van der Waals surface area (Å²) in [5, 5.41) is 0.302. The molecule has 1 aliphatic rings. The van der Waals surface area contributed by atoms with E-state index < -0.39 is 17.8 Å². The quantitative estimate of drug-likeness (QED) is 0.682. The molecule has 1 unspecified atom stereocenters. The topological polar surface area (TPSA) is 49.9 Å². The summed E-state index contributed by atoms with van der Waals surface area (Å²) in [6, 6.07) is 11.3. The van der Waals surface area contributed by atoms with Gasteiger partial charge in [0, 0.05) is 42.8 Å². The number of amides is 2. The van der Waals surface area contributed by atoms with Crippen LogP contribution in [0.1, 0.15) is 22.0 Å². The Kier molecular flexibility index (Phi) is 6.69. The first-order chi connectivity index (χ1) is 13.4. The Morgan fingerprint density at radius 2 is 1.68 bits per heavy atom. The van der Waals surface area contributed by atoms with Gasteiger partial charge < -0.3 is 14.5 Å². The molecular formula is C20H19BrClFN2O3. The third-order valence-corrected chi connectivity index (χ3v) is 5.43. The maximum atomic E-state index is 14.0. The van der Waals surface area contributed by atoms with E-state index in [1.807, 2.05) is 24.3 Å². The number of carbonyl (C=O) groups is 2. The molecule has 2 aromatic rings. The molecule has 148 valence electrons. The van der Waals surface area contributed by atoms with Gasteiger partial charge in [-0.25, -0.2) is 4.39 Å². The number of methoxy groups -OCH3 is 1. The molecule has 5 nitrogen and oxygen atoms in total. The van der Waals surface area contributed by atoms with Gasteiger partial charge in [-0.3, -0.25) is 9.59 Å². The van der Waals surface area contributed by atoms with E-state index >= 15 is 0 Å². The lowest BCUT2D eigenvalue weighted by Crippen LogP contribution is -2.52. The highest BCUT2D eigenvalue weighted by Gasteiger charge is 2.30. The van der Waals surface area contributed by atoms with Crippen molar-refractivity contribution in [1.82, 2.24) is 9.80 Å². The lowest BCUT2D eigenvalue weighted by atomic mass is 10.1. The molecule has 0 aliphatic carbocycles. The maximum Gasteiger partial charge on any atom is 0.257 e. The Bertz CT molecular complexity index is 870. The van der Waals surface area contributed by atoms with Crippen LogP contribution in [0.5, 0.6) is 0 Å². The number of benzene rings is 2. The van der Waals surface area contributed by atoms with Gasteiger partial charge in [-0.2, -0.15) is 0 Å². The SMILES string of the molecule is COC(C(=O)N1CCN(C(=O)c2cc(Cl)ccc2F)CC1)c1ccc(Br)cc1. The minimum atomic E-state index is -0.708. The van der Waals surface area contributed by atoms with E-state index in [0.717, 1.165) is 10.0 Å². The van der Waals surface area contributed by atoms with Crippen molar-refractivity contribution in [3.8, 4) is 0 Å². The number of ether oxygens (including phenoxy) is 1. The van der Waals surface area contributed by atoms with Crippen molar-refractivity contribution in [3.05, 3.63) is 68.9 Å². The fourth-order valence-corrected chi connectivity index (χ4v) is 3.58. The van der Waals surface area contributed by atoms with Crippen LogP contribution in [-0.4, -0.2) is 54.9 Å². The minimum Gasteiger partial charge on any atom is -0.367 e. The monoisotopic (exact) mass is 468 g/mol. The molecule has 0 N–H and O–H groups in total. The van der Waals surface area contributed by atoms with Gasteiger partial charge in [-0.05, 0) is 35.9 Å². The predicted molar refractivity (Wildman–Crippen MR) is 108 cm³/mol. The molecule has 0 aromatic heterocycles. The van der Waals surface area contributed by atoms with Crippen LogP contribution < -0.4 is 0 Å². The van der Waals surface area contributed by atoms with E-state index in [1.165, 1.54) is 30.2 Å². The molecule has 3 rings (SSSR count). The maximum absolute atomic E-state index is 14.0. The van der Waals surface area contributed by atoms with Crippen LogP contribution in [0, 0.1) is 5.82 Å². The highest BCUT2D eigenvalue weighted by atomic mass is 79.9. The molecule has 0 spiro atoms. The molecule has 28 heavy (non-hydrogen) atoms. The third-order valence-electron chi connectivity index (χ3n) is 4.67. The van der Waals surface area contributed by atoms with E-state index in [4.69, 9.17) is 16.3 Å². The number of piperazine rings is 1. The van der Waals surface area contributed by atoms with Gasteiger partial charge >= 0.3 is 0 Å². The molecule has 0 saturated carbocycles. The summed E-state index contributed by atoms with van der Waals surface area (Å²) in [5.74, 6) is -1.20. The molecule has 1 heterocycles. The first kappa shape index (κ1) is 20.8. The zero-order valence-corrected chi connectivity index (χ0v) is 17.5. The van der Waals surface area contributed by atoms with Gasteiger partial charge in [0.1, 0.15) is 5.82 Å². The molecule has 2 amide bonds. The molecule has 1 atom stereocenters. The van der Waals surface area contributed by atoms with Crippen molar-refractivity contribution >= 4 is 39.3 Å². The summed E-state index contributed by atoms with van der Waals surface area (Å²) in [5.41, 5.74) is 0.701. The van der Waals surface area contributed by atoms with E-state index in [9.17, 15) is 14.0 Å². The molecule has 0 radical (unpaired) electrons. The summed E-state index contributed by atoms with van der Waals surface area (Å²) in [7, 11) is 1.49. The molecule has 1 aliphatic heterocycles. The number of rotatable bonds is 4. The smallest absolute Gasteiger partial charge is 0.257 e. The van der Waals surface area contributed by atoms with Gasteiger partial charge in [0.15, 0.2) is 6.10 Å². The highest BCUT2D eigenvalue weighted by molar-refractivity contribution is 9.10. The van der Waals surface area contributed by atoms with Crippen molar-refractivity contribution in [2.24, 2.45) is 0 Å². The van der Waals surface area contributed by atoms with Gasteiger partial charge in [0.25, 0.3) is 11.8 Å². The normalized spacial score (nSPS) is 15.4. The second-order valence-electron chi connectivity index (χ2n) is 6.41. The molecule has 2 aromatic carbocycles. The van der Waals surface area contributed by atoms with Crippen LogP contribution in [0.4, 0.5) is 4.39 Å². The van der Waals surface area contributed by atoms with E-state index in [1.54, 1.807) is 4.90 Å². The van der Waals surface area contributed by atoms with E-state index in [0.29, 0.717) is 31.2 Å². The van der Waals surface area contributed by atoms with Crippen molar-refractivity contribution < 1.29 is 18.7 Å². The summed E-state index contributed by atoms with van der Waals surface area (Å²) >= 11 is 9.25. The Labute approximate surface area is 176 Å².